The van der Waals surface area contributed by atoms with Gasteiger partial charge >= 0.3 is 0 Å². The summed E-state index contributed by atoms with van der Waals surface area (Å²) in [7, 11) is 3.63. The molecular weight excluding hydrogens is 258 g/mol. The number of thiophene rings is 1. The largest absolute Gasteiger partial charge is 0.348 e. The van der Waals surface area contributed by atoms with Crippen molar-refractivity contribution in [3.8, 4) is 0 Å². The molecule has 0 atom stereocenters. The zero-order valence-electron chi connectivity index (χ0n) is 11.8. The summed E-state index contributed by atoms with van der Waals surface area (Å²) in [4.78, 5) is 15.6. The molecule has 1 saturated heterocycles. The fourth-order valence-corrected chi connectivity index (χ4v) is 2.95. The smallest absolute Gasteiger partial charge is 0.236 e. The second-order valence-corrected chi connectivity index (χ2v) is 6.13. The molecule has 0 aromatic carbocycles. The van der Waals surface area contributed by atoms with Gasteiger partial charge in [0.1, 0.15) is 0 Å². The SMILES string of the molecule is CN(C)C(=O)CN1CCC(NCc2ccsc2)CC1. The lowest BCUT2D eigenvalue weighted by atomic mass is 10.0. The first-order chi connectivity index (χ1) is 9.15. The van der Waals surface area contributed by atoms with Crippen LogP contribution in [0.15, 0.2) is 16.8 Å². The minimum Gasteiger partial charge on any atom is -0.348 e. The fraction of sp³-hybridized carbons (Fsp3) is 0.643. The molecule has 106 valence electrons. The topological polar surface area (TPSA) is 35.6 Å². The summed E-state index contributed by atoms with van der Waals surface area (Å²) >= 11 is 1.75. The number of hydrogen-bond acceptors (Lipinski definition) is 4. The van der Waals surface area contributed by atoms with E-state index in [-0.39, 0.29) is 5.91 Å². The van der Waals surface area contributed by atoms with Crippen LogP contribution in [0.5, 0.6) is 0 Å². The number of likely N-dealkylation sites (tertiary alicyclic amines) is 1. The minimum absolute atomic E-state index is 0.199. The van der Waals surface area contributed by atoms with Gasteiger partial charge in [-0.3, -0.25) is 9.69 Å². The molecule has 1 aliphatic rings. The maximum Gasteiger partial charge on any atom is 0.236 e. The van der Waals surface area contributed by atoms with Crippen molar-refractivity contribution in [2.24, 2.45) is 0 Å². The zero-order valence-corrected chi connectivity index (χ0v) is 12.6. The summed E-state index contributed by atoms with van der Waals surface area (Å²) in [5, 5.41) is 7.92. The van der Waals surface area contributed by atoms with E-state index in [4.69, 9.17) is 0 Å². The third kappa shape index (κ3) is 4.60. The van der Waals surface area contributed by atoms with Gasteiger partial charge in [0.2, 0.25) is 5.91 Å². The van der Waals surface area contributed by atoms with Crippen molar-refractivity contribution in [1.29, 1.82) is 0 Å². The summed E-state index contributed by atoms with van der Waals surface area (Å²) in [6.07, 6.45) is 2.26. The third-order valence-electron chi connectivity index (χ3n) is 3.62. The summed E-state index contributed by atoms with van der Waals surface area (Å²) in [6, 6.07) is 2.76. The number of likely N-dealkylation sites (N-methyl/N-ethyl adjacent to an activating group) is 1. The number of carbonyl (C=O) groups excluding carboxylic acids is 1. The van der Waals surface area contributed by atoms with Crippen LogP contribution < -0.4 is 5.32 Å². The Morgan fingerprint density at radius 2 is 2.21 bits per heavy atom. The lowest BCUT2D eigenvalue weighted by Gasteiger charge is -2.32. The molecule has 1 aromatic rings. The molecule has 0 radical (unpaired) electrons. The van der Waals surface area contributed by atoms with Gasteiger partial charge in [0.15, 0.2) is 0 Å². The summed E-state index contributed by atoms with van der Waals surface area (Å²) < 4.78 is 0. The van der Waals surface area contributed by atoms with Crippen molar-refractivity contribution < 1.29 is 4.79 Å². The van der Waals surface area contributed by atoms with Gasteiger partial charge in [-0.25, -0.2) is 0 Å². The van der Waals surface area contributed by atoms with Gasteiger partial charge in [-0.2, -0.15) is 11.3 Å². The maximum atomic E-state index is 11.6. The maximum absolute atomic E-state index is 11.6. The molecule has 19 heavy (non-hydrogen) atoms. The predicted molar refractivity (Wildman–Crippen MR) is 79.3 cm³/mol. The van der Waals surface area contributed by atoms with E-state index >= 15 is 0 Å². The van der Waals surface area contributed by atoms with Crippen LogP contribution in [0.2, 0.25) is 0 Å². The van der Waals surface area contributed by atoms with Crippen LogP contribution in [0, 0.1) is 0 Å². The number of hydrogen-bond donors (Lipinski definition) is 1. The van der Waals surface area contributed by atoms with E-state index in [2.05, 4.69) is 27.0 Å². The van der Waals surface area contributed by atoms with E-state index in [9.17, 15) is 4.79 Å². The molecule has 0 saturated carbocycles. The van der Waals surface area contributed by atoms with E-state index in [1.165, 1.54) is 5.56 Å². The Balaban J connectivity index is 1.66. The monoisotopic (exact) mass is 281 g/mol. The molecule has 1 aliphatic heterocycles. The third-order valence-corrected chi connectivity index (χ3v) is 4.35. The summed E-state index contributed by atoms with van der Waals surface area (Å²) in [5.41, 5.74) is 1.37. The summed E-state index contributed by atoms with van der Waals surface area (Å²) in [6.45, 7) is 3.55. The Morgan fingerprint density at radius 3 is 2.79 bits per heavy atom. The number of nitrogens with zero attached hydrogens (tertiary/aromatic N) is 2. The fourth-order valence-electron chi connectivity index (χ4n) is 2.28. The molecule has 4 nitrogen and oxygen atoms in total. The zero-order chi connectivity index (χ0) is 13.7. The molecule has 1 amide bonds. The summed E-state index contributed by atoms with van der Waals surface area (Å²) in [5.74, 6) is 0.199. The van der Waals surface area contributed by atoms with E-state index in [0.717, 1.165) is 32.5 Å². The van der Waals surface area contributed by atoms with Crippen molar-refractivity contribution in [2.75, 3.05) is 33.7 Å². The van der Waals surface area contributed by atoms with Crippen LogP contribution in [0.3, 0.4) is 0 Å². The van der Waals surface area contributed by atoms with Gasteiger partial charge in [-0.05, 0) is 35.2 Å². The van der Waals surface area contributed by atoms with Gasteiger partial charge in [-0.15, -0.1) is 0 Å². The predicted octanol–water partition coefficient (Wildman–Crippen LogP) is 1.39. The van der Waals surface area contributed by atoms with Crippen molar-refractivity contribution in [3.63, 3.8) is 0 Å². The number of rotatable bonds is 5. The molecular formula is C14H23N3OS. The lowest BCUT2D eigenvalue weighted by molar-refractivity contribution is -0.130. The molecule has 2 rings (SSSR count). The van der Waals surface area contributed by atoms with Crippen molar-refractivity contribution in [1.82, 2.24) is 15.1 Å². The van der Waals surface area contributed by atoms with Gasteiger partial charge in [0.05, 0.1) is 6.54 Å². The van der Waals surface area contributed by atoms with Crippen LogP contribution in [-0.2, 0) is 11.3 Å². The highest BCUT2D eigenvalue weighted by atomic mass is 32.1. The van der Waals surface area contributed by atoms with Gasteiger partial charge in [-0.1, -0.05) is 0 Å². The average Bonchev–Trinajstić information content (AvgIpc) is 2.91. The molecule has 1 aromatic heterocycles. The Kier molecular flexibility index (Phi) is 5.36. The number of nitrogens with one attached hydrogen (secondary N) is 1. The quantitative estimate of drug-likeness (QED) is 0.886. The number of carbonyl (C=O) groups is 1. The molecule has 1 fully saturated rings. The first kappa shape index (κ1) is 14.5. The first-order valence-corrected chi connectivity index (χ1v) is 7.76. The highest BCUT2D eigenvalue weighted by Gasteiger charge is 2.20. The van der Waals surface area contributed by atoms with Gasteiger partial charge in [0, 0.05) is 39.8 Å². The van der Waals surface area contributed by atoms with Crippen LogP contribution in [-0.4, -0.2) is 55.5 Å². The second kappa shape index (κ2) is 7.03. The van der Waals surface area contributed by atoms with Crippen LogP contribution in [0.4, 0.5) is 0 Å². The molecule has 0 bridgehead atoms. The van der Waals surface area contributed by atoms with Gasteiger partial charge in [0.25, 0.3) is 0 Å². The molecule has 0 unspecified atom stereocenters. The van der Waals surface area contributed by atoms with E-state index in [1.807, 2.05) is 14.1 Å². The van der Waals surface area contributed by atoms with Crippen LogP contribution >= 0.6 is 11.3 Å². The Bertz CT molecular complexity index is 383. The van der Waals surface area contributed by atoms with E-state index in [0.29, 0.717) is 12.6 Å². The second-order valence-electron chi connectivity index (χ2n) is 5.35. The van der Waals surface area contributed by atoms with Crippen molar-refractivity contribution >= 4 is 17.2 Å². The van der Waals surface area contributed by atoms with Crippen molar-refractivity contribution in [2.45, 2.75) is 25.4 Å². The minimum atomic E-state index is 0.199. The first-order valence-electron chi connectivity index (χ1n) is 6.82. The molecule has 1 N–H and O–H groups in total. The average molecular weight is 281 g/mol. The number of piperidine rings is 1. The molecule has 0 aliphatic carbocycles. The standard InChI is InChI=1S/C14H23N3OS/c1-16(2)14(18)10-17-6-3-13(4-7-17)15-9-12-5-8-19-11-12/h5,8,11,13,15H,3-4,6-7,9-10H2,1-2H3. The normalized spacial score (nSPS) is 17.6. The van der Waals surface area contributed by atoms with E-state index in [1.54, 1.807) is 16.2 Å². The molecule has 0 spiro atoms. The highest BCUT2D eigenvalue weighted by molar-refractivity contribution is 7.07. The lowest BCUT2D eigenvalue weighted by Crippen LogP contribution is -2.45. The Morgan fingerprint density at radius 1 is 1.47 bits per heavy atom. The van der Waals surface area contributed by atoms with Gasteiger partial charge < -0.3 is 10.2 Å². The van der Waals surface area contributed by atoms with Crippen molar-refractivity contribution in [3.05, 3.63) is 22.4 Å². The van der Waals surface area contributed by atoms with Crippen LogP contribution in [0.1, 0.15) is 18.4 Å². The Labute approximate surface area is 119 Å². The highest BCUT2D eigenvalue weighted by Crippen LogP contribution is 2.12. The molecule has 5 heteroatoms. The number of amides is 1. The van der Waals surface area contributed by atoms with Crippen LogP contribution in [0.25, 0.3) is 0 Å². The molecule has 2 heterocycles. The van der Waals surface area contributed by atoms with E-state index < -0.39 is 0 Å². The Hall–Kier alpha value is -0.910.